The molecule has 0 bridgehead atoms. The molecule has 0 radical (unpaired) electrons. The first-order valence-corrected chi connectivity index (χ1v) is 8.11. The van der Waals surface area contributed by atoms with Gasteiger partial charge in [0.1, 0.15) is 6.10 Å². The predicted molar refractivity (Wildman–Crippen MR) is 93.1 cm³/mol. The van der Waals surface area contributed by atoms with Gasteiger partial charge in [-0.2, -0.15) is 0 Å². The molecule has 0 spiro atoms. The molecule has 23 heavy (non-hydrogen) atoms. The van der Waals surface area contributed by atoms with E-state index in [1.165, 1.54) is 6.21 Å². The van der Waals surface area contributed by atoms with Crippen molar-refractivity contribution < 1.29 is 4.74 Å². The first-order valence-electron chi connectivity index (χ1n) is 8.11. The van der Waals surface area contributed by atoms with Gasteiger partial charge in [-0.05, 0) is 25.0 Å². The van der Waals surface area contributed by atoms with Gasteiger partial charge >= 0.3 is 0 Å². The third kappa shape index (κ3) is 2.91. The van der Waals surface area contributed by atoms with E-state index in [1.807, 2.05) is 24.1 Å². The molecule has 0 aromatic heterocycles. The highest BCUT2D eigenvalue weighted by Crippen LogP contribution is 2.42. The molecule has 4 N–H and O–H groups in total. The average molecular weight is 315 g/mol. The Hall–Kier alpha value is -2.08. The Morgan fingerprint density at radius 2 is 2.35 bits per heavy atom. The maximum atomic E-state index is 7.58. The second kappa shape index (κ2) is 5.85. The smallest absolute Gasteiger partial charge is 0.194 e. The van der Waals surface area contributed by atoms with E-state index >= 15 is 0 Å². The Kier molecular flexibility index (Phi) is 4.02. The number of nitrogens with zero attached hydrogens (tertiary/aromatic N) is 2. The van der Waals surface area contributed by atoms with Gasteiger partial charge in [0.25, 0.3) is 0 Å². The lowest BCUT2D eigenvalue weighted by molar-refractivity contribution is 0.261. The minimum Gasteiger partial charge on any atom is -0.385 e. The van der Waals surface area contributed by atoms with Crippen molar-refractivity contribution >= 4 is 17.9 Å². The summed E-state index contributed by atoms with van der Waals surface area (Å²) >= 11 is 0. The van der Waals surface area contributed by atoms with E-state index in [2.05, 4.69) is 25.2 Å². The lowest BCUT2D eigenvalue weighted by atomic mass is 9.87. The maximum Gasteiger partial charge on any atom is 0.194 e. The summed E-state index contributed by atoms with van der Waals surface area (Å²) in [6.07, 6.45) is 3.44. The van der Waals surface area contributed by atoms with E-state index in [1.54, 1.807) is 0 Å². The number of nitrogens with two attached hydrogens (primary N) is 1. The highest BCUT2D eigenvalue weighted by molar-refractivity contribution is 5.86. The molecular weight excluding hydrogens is 290 g/mol. The fraction of sp³-hybridized carbons (Fsp3) is 0.529. The summed E-state index contributed by atoms with van der Waals surface area (Å²) in [5.74, 6) is 0.511. The number of hydrogen-bond donors (Lipinski definition) is 3. The number of guanidine groups is 1. The molecule has 2 heterocycles. The highest BCUT2D eigenvalue weighted by atomic mass is 16.6. The van der Waals surface area contributed by atoms with Crippen LogP contribution in [0.1, 0.15) is 37.8 Å². The van der Waals surface area contributed by atoms with Gasteiger partial charge in [0.05, 0.1) is 5.54 Å². The molecule has 1 fully saturated rings. The van der Waals surface area contributed by atoms with Gasteiger partial charge in [-0.15, -0.1) is 0 Å². The van der Waals surface area contributed by atoms with E-state index < -0.39 is 5.54 Å². The van der Waals surface area contributed by atoms with Crippen molar-refractivity contribution in [3.63, 3.8) is 0 Å². The Labute approximate surface area is 137 Å². The van der Waals surface area contributed by atoms with E-state index in [0.29, 0.717) is 5.96 Å². The zero-order valence-corrected chi connectivity index (χ0v) is 14.0. The van der Waals surface area contributed by atoms with Crippen LogP contribution in [0.2, 0.25) is 0 Å². The van der Waals surface area contributed by atoms with E-state index in [4.69, 9.17) is 20.9 Å². The molecule has 0 amide bonds. The standard InChI is InChI=1S/C17H25N5O/c1-4-7-20-13-8-12(6-5-11(13)10-18)17(2)9-14-15(23-14)22(3)16(19)21-17/h5-6,8,10,14-15,18,20H,4,7,9H2,1-3H3,(H2,19,21)/t14?,15?,17-/m0/s1. The van der Waals surface area contributed by atoms with Gasteiger partial charge in [-0.1, -0.05) is 19.1 Å². The fourth-order valence-corrected chi connectivity index (χ4v) is 3.14. The third-order valence-electron chi connectivity index (χ3n) is 4.65. The Morgan fingerprint density at radius 1 is 1.57 bits per heavy atom. The van der Waals surface area contributed by atoms with Crippen LogP contribution in [0.15, 0.2) is 23.2 Å². The van der Waals surface area contributed by atoms with Crippen LogP contribution in [0, 0.1) is 5.41 Å². The number of benzene rings is 1. The van der Waals surface area contributed by atoms with Crippen LogP contribution in [-0.2, 0) is 10.3 Å². The normalized spacial score (nSPS) is 29.3. The number of anilines is 1. The van der Waals surface area contributed by atoms with Crippen LogP contribution in [-0.4, -0.2) is 43.0 Å². The summed E-state index contributed by atoms with van der Waals surface area (Å²) < 4.78 is 5.71. The van der Waals surface area contributed by atoms with Crippen LogP contribution >= 0.6 is 0 Å². The van der Waals surface area contributed by atoms with Crippen LogP contribution < -0.4 is 11.1 Å². The molecule has 6 heteroatoms. The molecule has 0 aliphatic carbocycles. The molecule has 3 atom stereocenters. The van der Waals surface area contributed by atoms with Gasteiger partial charge in [0, 0.05) is 37.5 Å². The van der Waals surface area contributed by atoms with Crippen molar-refractivity contribution in [2.24, 2.45) is 10.7 Å². The molecule has 1 aromatic carbocycles. The van der Waals surface area contributed by atoms with Gasteiger partial charge in [0.15, 0.2) is 12.2 Å². The summed E-state index contributed by atoms with van der Waals surface area (Å²) in [7, 11) is 1.92. The quantitative estimate of drug-likeness (QED) is 0.573. The van der Waals surface area contributed by atoms with Crippen LogP contribution in [0.4, 0.5) is 5.69 Å². The second-order valence-corrected chi connectivity index (χ2v) is 6.50. The molecule has 3 rings (SSSR count). The molecule has 2 unspecified atom stereocenters. The van der Waals surface area contributed by atoms with Gasteiger partial charge in [-0.25, -0.2) is 4.99 Å². The monoisotopic (exact) mass is 315 g/mol. The molecule has 1 saturated heterocycles. The van der Waals surface area contributed by atoms with Crippen molar-refractivity contribution in [1.29, 1.82) is 5.41 Å². The third-order valence-corrected chi connectivity index (χ3v) is 4.65. The summed E-state index contributed by atoms with van der Waals surface area (Å²) in [6.45, 7) is 5.10. The highest BCUT2D eigenvalue weighted by Gasteiger charge is 2.50. The first kappa shape index (κ1) is 15.8. The first-order chi connectivity index (χ1) is 11.0. The molecular formula is C17H25N5O. The van der Waals surface area contributed by atoms with Crippen molar-refractivity contribution in [2.75, 3.05) is 18.9 Å². The van der Waals surface area contributed by atoms with Crippen LogP contribution in [0.5, 0.6) is 0 Å². The number of ether oxygens (including phenoxy) is 1. The Balaban J connectivity index is 1.97. The molecule has 1 aromatic rings. The predicted octanol–water partition coefficient (Wildman–Crippen LogP) is 2.10. The van der Waals surface area contributed by atoms with Crippen molar-refractivity contribution in [3.05, 3.63) is 29.3 Å². The van der Waals surface area contributed by atoms with Crippen molar-refractivity contribution in [2.45, 2.75) is 44.6 Å². The minimum absolute atomic E-state index is 0.0547. The van der Waals surface area contributed by atoms with E-state index in [-0.39, 0.29) is 12.3 Å². The molecule has 124 valence electrons. The number of nitrogens with one attached hydrogen (secondary N) is 2. The zero-order valence-electron chi connectivity index (χ0n) is 14.0. The Morgan fingerprint density at radius 3 is 3.04 bits per heavy atom. The van der Waals surface area contributed by atoms with Gasteiger partial charge < -0.3 is 26.1 Å². The topological polar surface area (TPSA) is 90.0 Å². The summed E-state index contributed by atoms with van der Waals surface area (Å²) in [4.78, 5) is 6.67. The number of fused-ring (bicyclic) bond motifs is 1. The van der Waals surface area contributed by atoms with Crippen LogP contribution in [0.25, 0.3) is 0 Å². The largest absolute Gasteiger partial charge is 0.385 e. The number of epoxide rings is 1. The van der Waals surface area contributed by atoms with E-state index in [0.717, 1.165) is 36.2 Å². The van der Waals surface area contributed by atoms with Crippen LogP contribution in [0.3, 0.4) is 0 Å². The van der Waals surface area contributed by atoms with E-state index in [9.17, 15) is 0 Å². The summed E-state index contributed by atoms with van der Waals surface area (Å²) in [6, 6.07) is 6.10. The summed E-state index contributed by atoms with van der Waals surface area (Å²) in [5.41, 5.74) is 8.66. The molecule has 2 aliphatic heterocycles. The zero-order chi connectivity index (χ0) is 16.6. The molecule has 0 saturated carbocycles. The van der Waals surface area contributed by atoms with Crippen molar-refractivity contribution in [3.8, 4) is 0 Å². The minimum atomic E-state index is -0.419. The maximum absolute atomic E-state index is 7.58. The number of rotatable bonds is 5. The van der Waals surface area contributed by atoms with Gasteiger partial charge in [-0.3, -0.25) is 0 Å². The number of likely N-dealkylation sites (N-methyl/N-ethyl adjacent to an activating group) is 1. The molecule has 2 aliphatic rings. The lowest BCUT2D eigenvalue weighted by Gasteiger charge is -2.26. The number of aliphatic imine (C=N–C) groups is 1. The number of hydrogen-bond acceptors (Lipinski definition) is 6. The lowest BCUT2D eigenvalue weighted by Crippen LogP contribution is -2.37. The Bertz CT molecular complexity index is 644. The van der Waals surface area contributed by atoms with Gasteiger partial charge in [0.2, 0.25) is 0 Å². The fourth-order valence-electron chi connectivity index (χ4n) is 3.14. The SMILES string of the molecule is CCCNc1cc([C@]2(C)CC3OC3N(C)C(N)=N2)ccc1C=N. The molecule has 6 nitrogen and oxygen atoms in total. The van der Waals surface area contributed by atoms with Crippen molar-refractivity contribution in [1.82, 2.24) is 4.90 Å². The second-order valence-electron chi connectivity index (χ2n) is 6.50. The summed E-state index contributed by atoms with van der Waals surface area (Å²) in [5, 5.41) is 11.0. The average Bonchev–Trinajstić information content (AvgIpc) is 3.30.